The van der Waals surface area contributed by atoms with Crippen LogP contribution in [-0.4, -0.2) is 15.5 Å². The second-order valence-corrected chi connectivity index (χ2v) is 7.25. The van der Waals surface area contributed by atoms with E-state index in [-0.39, 0.29) is 5.41 Å². The van der Waals surface area contributed by atoms with Crippen LogP contribution in [0.25, 0.3) is 0 Å². The predicted molar refractivity (Wildman–Crippen MR) is 70.6 cm³/mol. The number of hydrogen-bond acceptors (Lipinski definition) is 2. The predicted octanol–water partition coefficient (Wildman–Crippen LogP) is 2.74. The molecule has 3 nitrogen and oxygen atoms in total. The molecule has 0 aliphatic rings. The van der Waals surface area contributed by atoms with Crippen molar-refractivity contribution < 1.29 is 8.42 Å². The van der Waals surface area contributed by atoms with E-state index in [9.17, 15) is 8.42 Å². The summed E-state index contributed by atoms with van der Waals surface area (Å²) in [5, 5.41) is 0. The molecule has 0 heterocycles. The Labute approximate surface area is 104 Å². The van der Waals surface area contributed by atoms with Crippen LogP contribution >= 0.6 is 0 Å². The van der Waals surface area contributed by atoms with E-state index >= 15 is 0 Å². The molecule has 0 radical (unpaired) electrons. The maximum absolute atomic E-state index is 11.6. The lowest BCUT2D eigenvalue weighted by Crippen LogP contribution is -2.19. The monoisotopic (exact) mass is 255 g/mol. The largest absolute Gasteiger partial charge is 0.240 e. The molecule has 1 aromatic carbocycles. The van der Waals surface area contributed by atoms with Gasteiger partial charge in [-0.05, 0) is 36.1 Å². The van der Waals surface area contributed by atoms with Crippen LogP contribution in [0.3, 0.4) is 0 Å². The van der Waals surface area contributed by atoms with E-state index in [0.717, 1.165) is 5.56 Å². The van der Waals surface area contributed by atoms with Gasteiger partial charge in [0.05, 0.1) is 4.90 Å². The van der Waals surface area contributed by atoms with Gasteiger partial charge >= 0.3 is 0 Å². The average molecular weight is 255 g/mol. The summed E-state index contributed by atoms with van der Waals surface area (Å²) in [7, 11) is -1.91. The molecule has 0 fully saturated rings. The molecule has 0 aliphatic carbocycles. The Kier molecular flexibility index (Phi) is 3.99. The zero-order chi connectivity index (χ0) is 13.3. The van der Waals surface area contributed by atoms with Crippen LogP contribution in [0, 0.1) is 5.41 Å². The molecular weight excluding hydrogens is 234 g/mol. The highest BCUT2D eigenvalue weighted by Crippen LogP contribution is 2.34. The van der Waals surface area contributed by atoms with Gasteiger partial charge in [-0.3, -0.25) is 0 Å². The lowest BCUT2D eigenvalue weighted by Gasteiger charge is -2.27. The Morgan fingerprint density at radius 3 is 1.94 bits per heavy atom. The fourth-order valence-electron chi connectivity index (χ4n) is 1.55. The van der Waals surface area contributed by atoms with E-state index in [2.05, 4.69) is 32.4 Å². The van der Waals surface area contributed by atoms with Crippen LogP contribution in [0.5, 0.6) is 0 Å². The molecule has 0 amide bonds. The summed E-state index contributed by atoms with van der Waals surface area (Å²) in [4.78, 5) is 0.310. The van der Waals surface area contributed by atoms with Crippen molar-refractivity contribution in [3.8, 4) is 0 Å². The van der Waals surface area contributed by atoms with Crippen LogP contribution in [-0.2, 0) is 10.0 Å². The molecule has 1 N–H and O–H groups in total. The van der Waals surface area contributed by atoms with Gasteiger partial charge in [0, 0.05) is 0 Å². The fourth-order valence-corrected chi connectivity index (χ4v) is 2.28. The van der Waals surface area contributed by atoms with Gasteiger partial charge in [0.25, 0.3) is 0 Å². The van der Waals surface area contributed by atoms with Crippen molar-refractivity contribution in [3.05, 3.63) is 29.8 Å². The third-order valence-electron chi connectivity index (χ3n) is 3.26. The number of benzene rings is 1. The third-order valence-corrected chi connectivity index (χ3v) is 4.69. The Bertz CT molecular complexity index is 469. The molecule has 17 heavy (non-hydrogen) atoms. The Hall–Kier alpha value is -0.870. The minimum atomic E-state index is -3.33. The molecule has 0 spiro atoms. The van der Waals surface area contributed by atoms with E-state index < -0.39 is 10.0 Å². The number of hydrogen-bond donors (Lipinski definition) is 1. The molecule has 1 aromatic rings. The molecule has 0 bridgehead atoms. The quantitative estimate of drug-likeness (QED) is 0.902. The summed E-state index contributed by atoms with van der Waals surface area (Å²) >= 11 is 0. The SMILES string of the molecule is CNS(=O)(=O)c1ccc([C@@H](C)C(C)(C)C)cc1. The summed E-state index contributed by atoms with van der Waals surface area (Å²) < 4.78 is 25.4. The first kappa shape index (κ1) is 14.2. The fraction of sp³-hybridized carbons (Fsp3) is 0.538. The molecule has 0 saturated heterocycles. The molecular formula is C13H21NO2S. The summed E-state index contributed by atoms with van der Waals surface area (Å²) in [6.45, 7) is 8.68. The standard InChI is InChI=1S/C13H21NO2S/c1-10(13(2,3)4)11-6-8-12(9-7-11)17(15,16)14-5/h6-10,14H,1-5H3/t10-/m1/s1. The van der Waals surface area contributed by atoms with E-state index in [1.54, 1.807) is 12.1 Å². The lowest BCUT2D eigenvalue weighted by atomic mass is 9.78. The molecule has 0 unspecified atom stereocenters. The molecule has 0 aliphatic heterocycles. The molecule has 1 rings (SSSR count). The second kappa shape index (κ2) is 4.78. The normalized spacial score (nSPS) is 14.6. The zero-order valence-corrected chi connectivity index (χ0v) is 11.9. The van der Waals surface area contributed by atoms with Crippen molar-refractivity contribution in [3.63, 3.8) is 0 Å². The highest BCUT2D eigenvalue weighted by molar-refractivity contribution is 7.89. The Morgan fingerprint density at radius 2 is 1.59 bits per heavy atom. The van der Waals surface area contributed by atoms with Crippen molar-refractivity contribution in [1.82, 2.24) is 4.72 Å². The first-order valence-corrected chi connectivity index (χ1v) is 7.20. The summed E-state index contributed by atoms with van der Waals surface area (Å²) in [6, 6.07) is 7.09. The number of sulfonamides is 1. The minimum Gasteiger partial charge on any atom is -0.214 e. The summed E-state index contributed by atoms with van der Waals surface area (Å²) in [5.41, 5.74) is 1.33. The van der Waals surface area contributed by atoms with Gasteiger partial charge in [0.2, 0.25) is 10.0 Å². The van der Waals surface area contributed by atoms with Gasteiger partial charge in [-0.25, -0.2) is 13.1 Å². The van der Waals surface area contributed by atoms with Crippen LogP contribution in [0.4, 0.5) is 0 Å². The van der Waals surface area contributed by atoms with Gasteiger partial charge in [0.1, 0.15) is 0 Å². The minimum absolute atomic E-state index is 0.170. The maximum Gasteiger partial charge on any atom is 0.240 e. The molecule has 0 aromatic heterocycles. The first-order valence-electron chi connectivity index (χ1n) is 5.72. The first-order chi connectivity index (χ1) is 7.68. The molecule has 1 atom stereocenters. The van der Waals surface area contributed by atoms with Crippen molar-refractivity contribution in [2.45, 2.75) is 38.5 Å². The van der Waals surface area contributed by atoms with E-state index in [4.69, 9.17) is 0 Å². The maximum atomic E-state index is 11.6. The van der Waals surface area contributed by atoms with Crippen molar-refractivity contribution in [2.24, 2.45) is 5.41 Å². The Balaban J connectivity index is 3.05. The third kappa shape index (κ3) is 3.30. The smallest absolute Gasteiger partial charge is 0.214 e. The highest BCUT2D eigenvalue weighted by Gasteiger charge is 2.22. The number of nitrogens with one attached hydrogen (secondary N) is 1. The van der Waals surface area contributed by atoms with Crippen molar-refractivity contribution >= 4 is 10.0 Å². The van der Waals surface area contributed by atoms with E-state index in [0.29, 0.717) is 10.8 Å². The Morgan fingerprint density at radius 1 is 1.12 bits per heavy atom. The van der Waals surface area contributed by atoms with Gasteiger partial charge in [-0.15, -0.1) is 0 Å². The van der Waals surface area contributed by atoms with Crippen LogP contribution in [0.15, 0.2) is 29.2 Å². The van der Waals surface area contributed by atoms with Gasteiger partial charge in [0.15, 0.2) is 0 Å². The van der Waals surface area contributed by atoms with Crippen molar-refractivity contribution in [1.29, 1.82) is 0 Å². The zero-order valence-electron chi connectivity index (χ0n) is 11.1. The van der Waals surface area contributed by atoms with Gasteiger partial charge < -0.3 is 0 Å². The molecule has 96 valence electrons. The van der Waals surface area contributed by atoms with Crippen molar-refractivity contribution in [2.75, 3.05) is 7.05 Å². The number of rotatable bonds is 3. The highest BCUT2D eigenvalue weighted by atomic mass is 32.2. The summed E-state index contributed by atoms with van der Waals surface area (Å²) in [5.74, 6) is 0.383. The van der Waals surface area contributed by atoms with Crippen LogP contribution in [0.1, 0.15) is 39.2 Å². The van der Waals surface area contributed by atoms with E-state index in [1.807, 2.05) is 12.1 Å². The molecule has 0 saturated carbocycles. The molecule has 4 heteroatoms. The lowest BCUT2D eigenvalue weighted by molar-refractivity contribution is 0.339. The average Bonchev–Trinajstić information content (AvgIpc) is 2.27. The summed E-state index contributed by atoms with van der Waals surface area (Å²) in [6.07, 6.45) is 0. The van der Waals surface area contributed by atoms with Crippen LogP contribution in [0.2, 0.25) is 0 Å². The van der Waals surface area contributed by atoms with Crippen LogP contribution < -0.4 is 4.72 Å². The second-order valence-electron chi connectivity index (χ2n) is 5.36. The van der Waals surface area contributed by atoms with E-state index in [1.165, 1.54) is 7.05 Å². The van der Waals surface area contributed by atoms with Gasteiger partial charge in [-0.2, -0.15) is 0 Å². The topological polar surface area (TPSA) is 46.2 Å². The van der Waals surface area contributed by atoms with Gasteiger partial charge in [-0.1, -0.05) is 39.8 Å².